The van der Waals surface area contributed by atoms with E-state index < -0.39 is 0 Å². The number of alkyl halides is 1. The van der Waals surface area contributed by atoms with Crippen LogP contribution in [0.3, 0.4) is 0 Å². The molecule has 19 heavy (non-hydrogen) atoms. The van der Waals surface area contributed by atoms with Crippen molar-refractivity contribution >= 4 is 0 Å². The van der Waals surface area contributed by atoms with Gasteiger partial charge in [-0.15, -0.1) is 0 Å². The van der Waals surface area contributed by atoms with Gasteiger partial charge >= 0.3 is 0 Å². The molecule has 2 unspecified atom stereocenters. The highest BCUT2D eigenvalue weighted by molar-refractivity contribution is 5.25. The van der Waals surface area contributed by atoms with Crippen molar-refractivity contribution in [3.63, 3.8) is 0 Å². The van der Waals surface area contributed by atoms with Crippen LogP contribution >= 0.6 is 0 Å². The second-order valence-electron chi connectivity index (χ2n) is 6.14. The zero-order chi connectivity index (χ0) is 13.3. The lowest BCUT2D eigenvalue weighted by atomic mass is 9.87. The highest BCUT2D eigenvalue weighted by atomic mass is 19.1. The van der Waals surface area contributed by atoms with E-state index in [9.17, 15) is 4.39 Å². The molecular formula is C16H23FN2. The standard InChI is InChI=1S/C16H23FN2/c1-16(14-5-3-2-4-6-14)12-19(10-9-17)15(11-18-16)13-7-8-13/h2-6,13,15,18H,7-12H2,1H3. The van der Waals surface area contributed by atoms with E-state index in [0.29, 0.717) is 12.6 Å². The quantitative estimate of drug-likeness (QED) is 0.897. The molecule has 3 heteroatoms. The van der Waals surface area contributed by atoms with Gasteiger partial charge in [0.15, 0.2) is 0 Å². The minimum Gasteiger partial charge on any atom is -0.305 e. The predicted octanol–water partition coefficient (Wildman–Crippen LogP) is 2.56. The van der Waals surface area contributed by atoms with Crippen LogP contribution in [0, 0.1) is 5.92 Å². The van der Waals surface area contributed by atoms with Crippen molar-refractivity contribution in [2.75, 3.05) is 26.3 Å². The Kier molecular flexibility index (Phi) is 3.59. The number of piperazine rings is 1. The van der Waals surface area contributed by atoms with E-state index in [1.165, 1.54) is 18.4 Å². The van der Waals surface area contributed by atoms with Crippen LogP contribution in [0.5, 0.6) is 0 Å². The molecule has 0 radical (unpaired) electrons. The molecule has 104 valence electrons. The first kappa shape index (κ1) is 13.1. The summed E-state index contributed by atoms with van der Waals surface area (Å²) in [5.41, 5.74) is 1.25. The summed E-state index contributed by atoms with van der Waals surface area (Å²) >= 11 is 0. The molecule has 2 aliphatic rings. The molecule has 1 saturated heterocycles. The van der Waals surface area contributed by atoms with Gasteiger partial charge in [0, 0.05) is 25.7 Å². The summed E-state index contributed by atoms with van der Waals surface area (Å²) in [5.74, 6) is 0.791. The summed E-state index contributed by atoms with van der Waals surface area (Å²) in [6, 6.07) is 11.1. The molecule has 2 atom stereocenters. The molecule has 1 aliphatic heterocycles. The average Bonchev–Trinajstić information content (AvgIpc) is 3.25. The molecule has 0 spiro atoms. The van der Waals surface area contributed by atoms with Gasteiger partial charge < -0.3 is 5.32 Å². The normalized spacial score (nSPS) is 32.4. The van der Waals surface area contributed by atoms with Crippen LogP contribution < -0.4 is 5.32 Å². The predicted molar refractivity (Wildman–Crippen MR) is 75.9 cm³/mol. The second-order valence-corrected chi connectivity index (χ2v) is 6.14. The molecule has 0 amide bonds. The Morgan fingerprint density at radius 2 is 2.05 bits per heavy atom. The topological polar surface area (TPSA) is 15.3 Å². The van der Waals surface area contributed by atoms with E-state index in [0.717, 1.165) is 19.0 Å². The fourth-order valence-corrected chi connectivity index (χ4v) is 3.34. The van der Waals surface area contributed by atoms with Gasteiger partial charge in [-0.1, -0.05) is 30.3 Å². The van der Waals surface area contributed by atoms with Crippen molar-refractivity contribution in [2.24, 2.45) is 5.92 Å². The van der Waals surface area contributed by atoms with E-state index >= 15 is 0 Å². The molecule has 1 aromatic rings. The Morgan fingerprint density at radius 1 is 1.32 bits per heavy atom. The van der Waals surface area contributed by atoms with Crippen LogP contribution in [0.2, 0.25) is 0 Å². The van der Waals surface area contributed by atoms with Crippen LogP contribution in [0.25, 0.3) is 0 Å². The summed E-state index contributed by atoms with van der Waals surface area (Å²) in [6.45, 7) is 4.45. The zero-order valence-corrected chi connectivity index (χ0v) is 11.6. The Balaban J connectivity index is 1.78. The minimum absolute atomic E-state index is 0.0537. The third-order valence-electron chi connectivity index (χ3n) is 4.64. The van der Waals surface area contributed by atoms with Crippen LogP contribution in [-0.2, 0) is 5.54 Å². The van der Waals surface area contributed by atoms with Gasteiger partial charge in [-0.05, 0) is 31.2 Å². The largest absolute Gasteiger partial charge is 0.305 e. The number of nitrogens with one attached hydrogen (secondary N) is 1. The summed E-state index contributed by atoms with van der Waals surface area (Å²) in [4.78, 5) is 2.36. The van der Waals surface area contributed by atoms with Crippen LogP contribution in [0.1, 0.15) is 25.3 Å². The van der Waals surface area contributed by atoms with Crippen molar-refractivity contribution < 1.29 is 4.39 Å². The van der Waals surface area contributed by atoms with Gasteiger partial charge in [0.05, 0.1) is 5.54 Å². The van der Waals surface area contributed by atoms with Crippen LogP contribution in [-0.4, -0.2) is 37.3 Å². The van der Waals surface area contributed by atoms with Crippen molar-refractivity contribution in [3.05, 3.63) is 35.9 Å². The molecule has 3 rings (SSSR count). The Labute approximate surface area is 115 Å². The maximum absolute atomic E-state index is 12.8. The molecule has 2 nitrogen and oxygen atoms in total. The first-order valence-electron chi connectivity index (χ1n) is 7.33. The lowest BCUT2D eigenvalue weighted by Crippen LogP contribution is -2.62. The molecule has 2 fully saturated rings. The Hall–Kier alpha value is -0.930. The molecule has 0 aromatic heterocycles. The number of halogens is 1. The second kappa shape index (κ2) is 5.22. The van der Waals surface area contributed by atoms with Gasteiger partial charge in [0.1, 0.15) is 6.67 Å². The van der Waals surface area contributed by atoms with Gasteiger partial charge in [-0.25, -0.2) is 4.39 Å². The van der Waals surface area contributed by atoms with E-state index in [1.54, 1.807) is 0 Å². The summed E-state index contributed by atoms with van der Waals surface area (Å²) in [6.07, 6.45) is 2.63. The monoisotopic (exact) mass is 262 g/mol. The van der Waals surface area contributed by atoms with E-state index in [4.69, 9.17) is 0 Å². The molecule has 1 aromatic carbocycles. The molecule has 1 aliphatic carbocycles. The fraction of sp³-hybridized carbons (Fsp3) is 0.625. The number of rotatable bonds is 4. The third kappa shape index (κ3) is 2.67. The molecule has 1 heterocycles. The number of hydrogen-bond donors (Lipinski definition) is 1. The number of hydrogen-bond acceptors (Lipinski definition) is 2. The van der Waals surface area contributed by atoms with E-state index in [-0.39, 0.29) is 12.2 Å². The fourth-order valence-electron chi connectivity index (χ4n) is 3.34. The van der Waals surface area contributed by atoms with Crippen molar-refractivity contribution in [2.45, 2.75) is 31.3 Å². The summed E-state index contributed by atoms with van der Waals surface area (Å²) in [7, 11) is 0. The van der Waals surface area contributed by atoms with Gasteiger partial charge in [0.25, 0.3) is 0 Å². The van der Waals surface area contributed by atoms with Gasteiger partial charge in [-0.3, -0.25) is 4.90 Å². The van der Waals surface area contributed by atoms with Crippen LogP contribution in [0.4, 0.5) is 4.39 Å². The van der Waals surface area contributed by atoms with Crippen molar-refractivity contribution in [1.29, 1.82) is 0 Å². The molecule has 1 saturated carbocycles. The Morgan fingerprint density at radius 3 is 2.68 bits per heavy atom. The number of nitrogens with zero attached hydrogens (tertiary/aromatic N) is 1. The molecule has 1 N–H and O–H groups in total. The Bertz CT molecular complexity index is 418. The summed E-state index contributed by atoms with van der Waals surface area (Å²) < 4.78 is 12.8. The van der Waals surface area contributed by atoms with Gasteiger partial charge in [0.2, 0.25) is 0 Å². The maximum Gasteiger partial charge on any atom is 0.102 e. The first-order chi connectivity index (χ1) is 9.23. The lowest BCUT2D eigenvalue weighted by molar-refractivity contribution is 0.0682. The van der Waals surface area contributed by atoms with Crippen molar-refractivity contribution in [1.82, 2.24) is 10.2 Å². The average molecular weight is 262 g/mol. The summed E-state index contributed by atoms with van der Waals surface area (Å²) in [5, 5.41) is 3.71. The highest BCUT2D eigenvalue weighted by Crippen LogP contribution is 2.38. The maximum atomic E-state index is 12.8. The smallest absolute Gasteiger partial charge is 0.102 e. The lowest BCUT2D eigenvalue weighted by Gasteiger charge is -2.46. The molecular weight excluding hydrogens is 239 g/mol. The van der Waals surface area contributed by atoms with E-state index in [2.05, 4.69) is 41.4 Å². The van der Waals surface area contributed by atoms with Crippen LogP contribution in [0.15, 0.2) is 30.3 Å². The molecule has 0 bridgehead atoms. The zero-order valence-electron chi connectivity index (χ0n) is 11.6. The highest BCUT2D eigenvalue weighted by Gasteiger charge is 2.42. The van der Waals surface area contributed by atoms with Crippen molar-refractivity contribution in [3.8, 4) is 0 Å². The number of benzene rings is 1. The van der Waals surface area contributed by atoms with E-state index in [1.807, 2.05) is 6.07 Å². The third-order valence-corrected chi connectivity index (χ3v) is 4.64. The minimum atomic E-state index is -0.242. The SMILES string of the molecule is CC1(c2ccccc2)CN(CCF)C(C2CC2)CN1. The van der Waals surface area contributed by atoms with Gasteiger partial charge in [-0.2, -0.15) is 0 Å². The first-order valence-corrected chi connectivity index (χ1v) is 7.33.